The highest BCUT2D eigenvalue weighted by molar-refractivity contribution is 5.84. The quantitative estimate of drug-likeness (QED) is 0.490. The minimum atomic E-state index is -1.42. The molecule has 2 aromatic rings. The summed E-state index contributed by atoms with van der Waals surface area (Å²) in [4.78, 5) is 0. The van der Waals surface area contributed by atoms with E-state index in [-0.39, 0.29) is 0 Å². The molecule has 0 saturated carbocycles. The lowest BCUT2D eigenvalue weighted by atomic mass is 9.95. The Morgan fingerprint density at radius 2 is 2.00 bits per heavy atom. The third kappa shape index (κ3) is 2.83. The maximum atomic E-state index is 9.99. The maximum Gasteiger partial charge on any atom is 0.147 e. The van der Waals surface area contributed by atoms with Gasteiger partial charge in [-0.2, -0.15) is 5.10 Å². The van der Waals surface area contributed by atoms with Crippen molar-refractivity contribution in [1.29, 1.82) is 0 Å². The van der Waals surface area contributed by atoms with Crippen molar-refractivity contribution in [2.75, 3.05) is 6.61 Å². The molecule has 7 nitrogen and oxygen atoms in total. The van der Waals surface area contributed by atoms with Crippen LogP contribution in [0, 0.1) is 11.8 Å². The van der Waals surface area contributed by atoms with Crippen LogP contribution in [0.15, 0.2) is 24.4 Å². The van der Waals surface area contributed by atoms with Gasteiger partial charge in [0, 0.05) is 12.4 Å². The van der Waals surface area contributed by atoms with Crippen LogP contribution in [0.5, 0.6) is 0 Å². The van der Waals surface area contributed by atoms with Crippen LogP contribution in [0.3, 0.4) is 0 Å². The lowest BCUT2D eigenvalue weighted by Gasteiger charge is -2.37. The van der Waals surface area contributed by atoms with Gasteiger partial charge in [0.15, 0.2) is 0 Å². The average molecular weight is 318 g/mol. The molecule has 3 rings (SSSR count). The van der Waals surface area contributed by atoms with Gasteiger partial charge in [0.1, 0.15) is 30.5 Å². The minimum Gasteiger partial charge on any atom is -0.394 e. The first-order chi connectivity index (χ1) is 11.0. The van der Waals surface area contributed by atoms with Gasteiger partial charge in [0.25, 0.3) is 0 Å². The topological polar surface area (TPSA) is 108 Å². The predicted octanol–water partition coefficient (Wildman–Crippen LogP) is -1.23. The fourth-order valence-corrected chi connectivity index (χ4v) is 2.70. The van der Waals surface area contributed by atoms with Gasteiger partial charge in [0.2, 0.25) is 0 Å². The van der Waals surface area contributed by atoms with Crippen molar-refractivity contribution in [3.05, 3.63) is 30.0 Å². The van der Waals surface area contributed by atoms with Gasteiger partial charge in [-0.05, 0) is 6.07 Å². The van der Waals surface area contributed by atoms with E-state index in [4.69, 9.17) is 4.74 Å². The van der Waals surface area contributed by atoms with Crippen LogP contribution in [0.4, 0.5) is 0 Å². The van der Waals surface area contributed by atoms with E-state index in [1.54, 1.807) is 17.9 Å². The number of ether oxygens (including phenoxy) is 1. The SMILES string of the molecule is Cn1ncc2cccc(C#C[C@H]3O[C@H](CO)[C@@H](O)[C@H](O)[C@@H]3O)c21. The Kier molecular flexibility index (Phi) is 4.35. The standard InChI is InChI=1S/C16H18N2O5/c1-18-13-9(3-2-4-10(13)7-17-18)5-6-11-14(20)16(22)15(21)12(8-19)23-11/h2-4,7,11-12,14-16,19-22H,8H2,1H3/t11-,12-,14-,15-,16-/m1/s1. The molecule has 1 aliphatic heterocycles. The van der Waals surface area contributed by atoms with Crippen molar-refractivity contribution < 1.29 is 25.2 Å². The van der Waals surface area contributed by atoms with Crippen LogP contribution >= 0.6 is 0 Å². The number of aryl methyl sites for hydroxylation is 1. The molecule has 1 aromatic heterocycles. The Balaban J connectivity index is 1.92. The molecule has 1 fully saturated rings. The van der Waals surface area contributed by atoms with Crippen LogP contribution < -0.4 is 0 Å². The van der Waals surface area contributed by atoms with Crippen molar-refractivity contribution in [3.63, 3.8) is 0 Å². The molecule has 0 bridgehead atoms. The first-order valence-corrected chi connectivity index (χ1v) is 7.25. The number of aliphatic hydroxyl groups is 4. The van der Waals surface area contributed by atoms with Crippen molar-refractivity contribution in [2.45, 2.75) is 30.5 Å². The normalized spacial score (nSPS) is 30.9. The summed E-state index contributed by atoms with van der Waals surface area (Å²) in [6.45, 7) is -0.472. The molecule has 0 aliphatic carbocycles. The molecule has 0 radical (unpaired) electrons. The molecular formula is C16H18N2O5. The van der Waals surface area contributed by atoms with E-state index in [0.717, 1.165) is 10.9 Å². The predicted molar refractivity (Wildman–Crippen MR) is 81.4 cm³/mol. The molecule has 5 atom stereocenters. The monoisotopic (exact) mass is 318 g/mol. The van der Waals surface area contributed by atoms with E-state index >= 15 is 0 Å². The van der Waals surface area contributed by atoms with E-state index < -0.39 is 37.1 Å². The smallest absolute Gasteiger partial charge is 0.147 e. The van der Waals surface area contributed by atoms with Crippen molar-refractivity contribution in [2.24, 2.45) is 7.05 Å². The molecule has 23 heavy (non-hydrogen) atoms. The highest BCUT2D eigenvalue weighted by Crippen LogP contribution is 2.21. The largest absolute Gasteiger partial charge is 0.394 e. The third-order valence-corrected chi connectivity index (χ3v) is 4.00. The Morgan fingerprint density at radius 3 is 2.74 bits per heavy atom. The molecule has 4 N–H and O–H groups in total. The van der Waals surface area contributed by atoms with Crippen LogP contribution in [0.25, 0.3) is 10.9 Å². The second-order valence-electron chi connectivity index (χ2n) is 5.53. The van der Waals surface area contributed by atoms with Gasteiger partial charge in [-0.15, -0.1) is 0 Å². The lowest BCUT2D eigenvalue weighted by molar-refractivity contribution is -0.214. The molecule has 1 saturated heterocycles. The molecule has 7 heteroatoms. The van der Waals surface area contributed by atoms with E-state index in [0.29, 0.717) is 5.56 Å². The Labute approximate surface area is 132 Å². The number of fused-ring (bicyclic) bond motifs is 1. The molecular weight excluding hydrogens is 300 g/mol. The molecule has 1 aliphatic rings. The van der Waals surface area contributed by atoms with Crippen LogP contribution in [0.1, 0.15) is 5.56 Å². The Morgan fingerprint density at radius 1 is 1.22 bits per heavy atom. The molecule has 0 amide bonds. The van der Waals surface area contributed by atoms with Gasteiger partial charge in [-0.3, -0.25) is 4.68 Å². The summed E-state index contributed by atoms with van der Waals surface area (Å²) < 4.78 is 7.07. The zero-order valence-electron chi connectivity index (χ0n) is 12.5. The Bertz CT molecular complexity index is 761. The summed E-state index contributed by atoms with van der Waals surface area (Å²) in [5, 5.41) is 43.8. The van der Waals surface area contributed by atoms with Crippen molar-refractivity contribution in [1.82, 2.24) is 9.78 Å². The van der Waals surface area contributed by atoms with E-state index in [9.17, 15) is 20.4 Å². The van der Waals surface area contributed by atoms with Gasteiger partial charge < -0.3 is 25.2 Å². The lowest BCUT2D eigenvalue weighted by Crippen LogP contribution is -2.58. The first kappa shape index (κ1) is 15.9. The van der Waals surface area contributed by atoms with Gasteiger partial charge in [-0.1, -0.05) is 24.0 Å². The number of hydrogen-bond donors (Lipinski definition) is 4. The minimum absolute atomic E-state index is 0.472. The van der Waals surface area contributed by atoms with Gasteiger partial charge in [-0.25, -0.2) is 0 Å². The number of aliphatic hydroxyl groups excluding tert-OH is 4. The molecule has 1 aromatic carbocycles. The molecule has 0 unspecified atom stereocenters. The number of rotatable bonds is 1. The second kappa shape index (κ2) is 6.28. The fraction of sp³-hybridized carbons (Fsp3) is 0.438. The average Bonchev–Trinajstić information content (AvgIpc) is 2.94. The van der Waals surface area contributed by atoms with E-state index in [2.05, 4.69) is 16.9 Å². The molecule has 2 heterocycles. The first-order valence-electron chi connectivity index (χ1n) is 7.25. The highest BCUT2D eigenvalue weighted by atomic mass is 16.5. The van der Waals surface area contributed by atoms with Gasteiger partial charge >= 0.3 is 0 Å². The number of benzene rings is 1. The number of nitrogens with zero attached hydrogens (tertiary/aromatic N) is 2. The molecule has 0 spiro atoms. The summed E-state index contributed by atoms with van der Waals surface area (Å²) in [6, 6.07) is 5.59. The molecule has 122 valence electrons. The summed E-state index contributed by atoms with van der Waals surface area (Å²) in [5.41, 5.74) is 1.56. The number of para-hydroxylation sites is 1. The van der Waals surface area contributed by atoms with E-state index in [1.807, 2.05) is 18.2 Å². The van der Waals surface area contributed by atoms with E-state index in [1.165, 1.54) is 0 Å². The zero-order chi connectivity index (χ0) is 16.6. The fourth-order valence-electron chi connectivity index (χ4n) is 2.70. The van der Waals surface area contributed by atoms with Crippen LogP contribution in [0.2, 0.25) is 0 Å². The van der Waals surface area contributed by atoms with Crippen LogP contribution in [-0.4, -0.2) is 67.3 Å². The van der Waals surface area contributed by atoms with Crippen molar-refractivity contribution in [3.8, 4) is 11.8 Å². The second-order valence-corrected chi connectivity index (χ2v) is 5.53. The van der Waals surface area contributed by atoms with Gasteiger partial charge in [0.05, 0.1) is 23.9 Å². The van der Waals surface area contributed by atoms with Crippen molar-refractivity contribution >= 4 is 10.9 Å². The highest BCUT2D eigenvalue weighted by Gasteiger charge is 2.42. The summed E-state index contributed by atoms with van der Waals surface area (Å²) in [5.74, 6) is 5.69. The third-order valence-electron chi connectivity index (χ3n) is 4.00. The maximum absolute atomic E-state index is 9.99. The number of aromatic nitrogens is 2. The summed E-state index contributed by atoms with van der Waals surface area (Å²) >= 11 is 0. The summed E-state index contributed by atoms with van der Waals surface area (Å²) in [6.07, 6.45) is -4.39. The number of hydrogen-bond acceptors (Lipinski definition) is 6. The summed E-state index contributed by atoms with van der Waals surface area (Å²) in [7, 11) is 1.81. The zero-order valence-corrected chi connectivity index (χ0v) is 12.5. The Hall–Kier alpha value is -1.95. The van der Waals surface area contributed by atoms with Crippen LogP contribution in [-0.2, 0) is 11.8 Å².